The summed E-state index contributed by atoms with van der Waals surface area (Å²) in [6, 6.07) is 0. The van der Waals surface area contributed by atoms with Crippen LogP contribution in [0.3, 0.4) is 0 Å². The van der Waals surface area contributed by atoms with Crippen molar-refractivity contribution in [3.63, 3.8) is 0 Å². The van der Waals surface area contributed by atoms with Crippen LogP contribution in [0.5, 0.6) is 0 Å². The highest BCUT2D eigenvalue weighted by Gasteiger charge is 2.42. The molecule has 1 saturated heterocycles. The van der Waals surface area contributed by atoms with Crippen LogP contribution in [0, 0.1) is 11.3 Å². The van der Waals surface area contributed by atoms with Gasteiger partial charge in [0.2, 0.25) is 0 Å². The summed E-state index contributed by atoms with van der Waals surface area (Å²) in [5.41, 5.74) is -0.786. The molecule has 1 fully saturated rings. The fourth-order valence-corrected chi connectivity index (χ4v) is 3.12. The van der Waals surface area contributed by atoms with Crippen molar-refractivity contribution in [2.24, 2.45) is 11.3 Å². The van der Waals surface area contributed by atoms with Crippen molar-refractivity contribution in [3.8, 4) is 0 Å². The molecule has 15 heavy (non-hydrogen) atoms. The highest BCUT2D eigenvalue weighted by atomic mass is 32.2. The van der Waals surface area contributed by atoms with Gasteiger partial charge in [0.05, 0.1) is 18.1 Å². The van der Waals surface area contributed by atoms with Crippen molar-refractivity contribution in [1.82, 2.24) is 0 Å². The summed E-state index contributed by atoms with van der Waals surface area (Å²) < 4.78 is 4.98. The molecular formula is C11H20O3S. The SMILES string of the molecule is CCOC(=O)C(C)(C)C(O)C1CCSC1. The lowest BCUT2D eigenvalue weighted by molar-refractivity contribution is -0.162. The van der Waals surface area contributed by atoms with Crippen LogP contribution in [0.25, 0.3) is 0 Å². The Hall–Kier alpha value is -0.220. The summed E-state index contributed by atoms with van der Waals surface area (Å²) in [5.74, 6) is 1.97. The molecule has 0 aromatic carbocycles. The average molecular weight is 232 g/mol. The number of hydrogen-bond donors (Lipinski definition) is 1. The molecule has 1 heterocycles. The summed E-state index contributed by atoms with van der Waals surface area (Å²) in [6.45, 7) is 5.68. The molecule has 2 unspecified atom stereocenters. The number of thioether (sulfide) groups is 1. The van der Waals surface area contributed by atoms with Crippen molar-refractivity contribution in [2.75, 3.05) is 18.1 Å². The van der Waals surface area contributed by atoms with Crippen LogP contribution < -0.4 is 0 Å². The molecule has 0 aliphatic carbocycles. The molecule has 88 valence electrons. The van der Waals surface area contributed by atoms with E-state index in [4.69, 9.17) is 4.74 Å². The molecule has 0 aromatic heterocycles. The molecular weight excluding hydrogens is 212 g/mol. The number of carbonyl (C=O) groups is 1. The molecule has 1 N–H and O–H groups in total. The van der Waals surface area contributed by atoms with E-state index >= 15 is 0 Å². The first kappa shape index (κ1) is 12.8. The zero-order chi connectivity index (χ0) is 11.5. The van der Waals surface area contributed by atoms with E-state index in [1.807, 2.05) is 11.8 Å². The van der Waals surface area contributed by atoms with Crippen LogP contribution in [-0.4, -0.2) is 35.3 Å². The molecule has 0 spiro atoms. The molecule has 1 aliphatic heterocycles. The van der Waals surface area contributed by atoms with Crippen molar-refractivity contribution in [3.05, 3.63) is 0 Å². The van der Waals surface area contributed by atoms with E-state index in [0.717, 1.165) is 17.9 Å². The van der Waals surface area contributed by atoms with Crippen molar-refractivity contribution >= 4 is 17.7 Å². The second-order valence-corrected chi connectivity index (χ2v) is 5.66. The Bertz CT molecular complexity index is 222. The van der Waals surface area contributed by atoms with Gasteiger partial charge in [0.15, 0.2) is 0 Å². The second-order valence-electron chi connectivity index (χ2n) is 4.51. The molecule has 0 amide bonds. The zero-order valence-electron chi connectivity index (χ0n) is 9.66. The minimum Gasteiger partial charge on any atom is -0.466 e. The third kappa shape index (κ3) is 2.88. The van der Waals surface area contributed by atoms with Crippen LogP contribution in [0.2, 0.25) is 0 Å². The Morgan fingerprint density at radius 1 is 1.67 bits per heavy atom. The Morgan fingerprint density at radius 3 is 2.80 bits per heavy atom. The number of aliphatic hydroxyl groups excluding tert-OH is 1. The van der Waals surface area contributed by atoms with Crippen LogP contribution in [0.1, 0.15) is 27.2 Å². The molecule has 0 saturated carbocycles. The van der Waals surface area contributed by atoms with Gasteiger partial charge in [-0.15, -0.1) is 0 Å². The predicted octanol–water partition coefficient (Wildman–Crippen LogP) is 1.69. The molecule has 0 radical (unpaired) electrons. The van der Waals surface area contributed by atoms with E-state index in [9.17, 15) is 9.90 Å². The molecule has 2 atom stereocenters. The van der Waals surface area contributed by atoms with Gasteiger partial charge in [-0.1, -0.05) is 0 Å². The maximum Gasteiger partial charge on any atom is 0.314 e. The van der Waals surface area contributed by atoms with Gasteiger partial charge in [-0.05, 0) is 44.6 Å². The Balaban J connectivity index is 2.62. The lowest BCUT2D eigenvalue weighted by Gasteiger charge is -2.31. The zero-order valence-corrected chi connectivity index (χ0v) is 10.5. The van der Waals surface area contributed by atoms with Crippen LogP contribution in [-0.2, 0) is 9.53 Å². The van der Waals surface area contributed by atoms with Crippen LogP contribution in [0.4, 0.5) is 0 Å². The van der Waals surface area contributed by atoms with E-state index < -0.39 is 11.5 Å². The van der Waals surface area contributed by atoms with E-state index in [1.165, 1.54) is 0 Å². The Labute approximate surface area is 95.6 Å². The molecule has 0 bridgehead atoms. The summed E-state index contributed by atoms with van der Waals surface area (Å²) in [4.78, 5) is 11.7. The maximum absolute atomic E-state index is 11.7. The number of rotatable bonds is 4. The number of hydrogen-bond acceptors (Lipinski definition) is 4. The highest BCUT2D eigenvalue weighted by Crippen LogP contribution is 2.35. The van der Waals surface area contributed by atoms with E-state index in [0.29, 0.717) is 6.61 Å². The minimum atomic E-state index is -0.786. The largest absolute Gasteiger partial charge is 0.466 e. The van der Waals surface area contributed by atoms with Crippen LogP contribution >= 0.6 is 11.8 Å². The van der Waals surface area contributed by atoms with Crippen LogP contribution in [0.15, 0.2) is 0 Å². The number of carbonyl (C=O) groups excluding carboxylic acids is 1. The Morgan fingerprint density at radius 2 is 2.33 bits per heavy atom. The fourth-order valence-electron chi connectivity index (χ4n) is 1.83. The summed E-state index contributed by atoms with van der Waals surface area (Å²) >= 11 is 1.84. The third-order valence-electron chi connectivity index (χ3n) is 2.95. The van der Waals surface area contributed by atoms with Gasteiger partial charge < -0.3 is 9.84 Å². The van der Waals surface area contributed by atoms with Gasteiger partial charge in [0.1, 0.15) is 0 Å². The van der Waals surface area contributed by atoms with Crippen molar-refractivity contribution in [1.29, 1.82) is 0 Å². The number of ether oxygens (including phenoxy) is 1. The minimum absolute atomic E-state index is 0.231. The molecule has 3 nitrogen and oxygen atoms in total. The van der Waals surface area contributed by atoms with E-state index in [1.54, 1.807) is 20.8 Å². The van der Waals surface area contributed by atoms with Gasteiger partial charge in [-0.2, -0.15) is 11.8 Å². The van der Waals surface area contributed by atoms with Crippen molar-refractivity contribution in [2.45, 2.75) is 33.3 Å². The molecule has 4 heteroatoms. The standard InChI is InChI=1S/C11H20O3S/c1-4-14-10(13)11(2,3)9(12)8-5-6-15-7-8/h8-9,12H,4-7H2,1-3H3. The van der Waals surface area contributed by atoms with E-state index in [-0.39, 0.29) is 11.9 Å². The number of esters is 1. The van der Waals surface area contributed by atoms with Gasteiger partial charge in [-0.25, -0.2) is 0 Å². The first-order chi connectivity index (χ1) is 7.00. The monoisotopic (exact) mass is 232 g/mol. The first-order valence-electron chi connectivity index (χ1n) is 5.43. The van der Waals surface area contributed by atoms with E-state index in [2.05, 4.69) is 0 Å². The van der Waals surface area contributed by atoms with Gasteiger partial charge >= 0.3 is 5.97 Å². The lowest BCUT2D eigenvalue weighted by Crippen LogP contribution is -2.43. The average Bonchev–Trinajstić information content (AvgIpc) is 2.69. The summed E-state index contributed by atoms with van der Waals surface area (Å²) in [6.07, 6.45) is 0.404. The summed E-state index contributed by atoms with van der Waals surface area (Å²) in [7, 11) is 0. The smallest absolute Gasteiger partial charge is 0.314 e. The third-order valence-corrected chi connectivity index (χ3v) is 4.14. The predicted molar refractivity (Wildman–Crippen MR) is 61.9 cm³/mol. The summed E-state index contributed by atoms with van der Waals surface area (Å²) in [5, 5.41) is 10.2. The molecule has 0 aromatic rings. The molecule has 1 rings (SSSR count). The maximum atomic E-state index is 11.7. The van der Waals surface area contributed by atoms with Crippen molar-refractivity contribution < 1.29 is 14.6 Å². The lowest BCUT2D eigenvalue weighted by atomic mass is 9.79. The van der Waals surface area contributed by atoms with Gasteiger partial charge in [0, 0.05) is 0 Å². The second kappa shape index (κ2) is 5.21. The normalized spacial score (nSPS) is 23.9. The fraction of sp³-hybridized carbons (Fsp3) is 0.909. The van der Waals surface area contributed by atoms with Gasteiger partial charge in [-0.3, -0.25) is 4.79 Å². The number of aliphatic hydroxyl groups is 1. The van der Waals surface area contributed by atoms with Gasteiger partial charge in [0.25, 0.3) is 0 Å². The highest BCUT2D eigenvalue weighted by molar-refractivity contribution is 7.99. The molecule has 1 aliphatic rings. The topological polar surface area (TPSA) is 46.5 Å². The Kier molecular flexibility index (Phi) is 4.46. The quantitative estimate of drug-likeness (QED) is 0.749. The first-order valence-corrected chi connectivity index (χ1v) is 6.58.